The van der Waals surface area contributed by atoms with E-state index in [4.69, 9.17) is 4.74 Å². The molecule has 49 heavy (non-hydrogen) atoms. The number of nitrogens with zero attached hydrogens (tertiary/aromatic N) is 1. The number of nitrogens with one attached hydrogen (secondary N) is 3. The molecule has 10 heteroatoms. The Morgan fingerprint density at radius 1 is 0.816 bits per heavy atom. The Morgan fingerprint density at radius 2 is 1.57 bits per heavy atom. The summed E-state index contributed by atoms with van der Waals surface area (Å²) in [5, 5.41) is 8.62. The third-order valence-corrected chi connectivity index (χ3v) is 9.58. The molecule has 5 aromatic carbocycles. The Morgan fingerprint density at radius 3 is 2.35 bits per heavy atom. The maximum absolute atomic E-state index is 13.8. The first-order chi connectivity index (χ1) is 23.8. The number of aromatic nitrogens is 1. The Balaban J connectivity index is 1.23. The predicted molar refractivity (Wildman–Crippen MR) is 198 cm³/mol. The SMILES string of the molecule is COc1cccc(/C=C(\NC(=O)c2ccccc2)C(=O)Nc2cccc(SC(C(=O)Nc3nc4ccc(C)cc4s3)c3ccccc3)c2)c1. The Kier molecular flexibility index (Phi) is 10.5. The number of benzene rings is 5. The van der Waals surface area contributed by atoms with Gasteiger partial charge >= 0.3 is 0 Å². The molecule has 244 valence electrons. The van der Waals surface area contributed by atoms with Crippen molar-refractivity contribution >= 4 is 67.9 Å². The Bertz CT molecular complexity index is 2150. The van der Waals surface area contributed by atoms with Crippen molar-refractivity contribution in [3.63, 3.8) is 0 Å². The average Bonchev–Trinajstić information content (AvgIpc) is 3.52. The smallest absolute Gasteiger partial charge is 0.272 e. The zero-order valence-electron chi connectivity index (χ0n) is 26.7. The highest BCUT2D eigenvalue weighted by Gasteiger charge is 2.24. The molecule has 6 aromatic rings. The normalized spacial score (nSPS) is 11.8. The summed E-state index contributed by atoms with van der Waals surface area (Å²) in [5.41, 5.74) is 4.40. The molecule has 1 unspecified atom stereocenters. The molecule has 3 amide bonds. The summed E-state index contributed by atoms with van der Waals surface area (Å²) in [6, 6.07) is 38.6. The maximum Gasteiger partial charge on any atom is 0.272 e. The molecule has 1 atom stereocenters. The average molecular weight is 685 g/mol. The van der Waals surface area contributed by atoms with Crippen LogP contribution in [0.2, 0.25) is 0 Å². The summed E-state index contributed by atoms with van der Waals surface area (Å²) >= 11 is 2.79. The summed E-state index contributed by atoms with van der Waals surface area (Å²) in [6.45, 7) is 2.02. The minimum atomic E-state index is -0.602. The van der Waals surface area contributed by atoms with E-state index in [9.17, 15) is 14.4 Å². The van der Waals surface area contributed by atoms with Crippen LogP contribution >= 0.6 is 23.1 Å². The number of aryl methyl sites for hydroxylation is 1. The van der Waals surface area contributed by atoms with Gasteiger partial charge in [0, 0.05) is 16.1 Å². The lowest BCUT2D eigenvalue weighted by molar-refractivity contribution is -0.116. The molecule has 1 heterocycles. The number of ether oxygens (including phenoxy) is 1. The van der Waals surface area contributed by atoms with Crippen molar-refractivity contribution in [2.75, 3.05) is 17.7 Å². The third kappa shape index (κ3) is 8.61. The number of rotatable bonds is 11. The van der Waals surface area contributed by atoms with E-state index in [1.807, 2.05) is 73.7 Å². The van der Waals surface area contributed by atoms with Crippen LogP contribution in [0, 0.1) is 6.92 Å². The molecule has 0 aliphatic heterocycles. The van der Waals surface area contributed by atoms with Crippen molar-refractivity contribution in [3.05, 3.63) is 155 Å². The van der Waals surface area contributed by atoms with Gasteiger partial charge in [-0.2, -0.15) is 0 Å². The quantitative estimate of drug-likeness (QED) is 0.0933. The summed E-state index contributed by atoms with van der Waals surface area (Å²) in [4.78, 5) is 45.9. The molecule has 0 bridgehead atoms. The van der Waals surface area contributed by atoms with Gasteiger partial charge < -0.3 is 20.7 Å². The number of hydrogen-bond acceptors (Lipinski definition) is 7. The fraction of sp³-hybridized carbons (Fsp3) is 0.0769. The van der Waals surface area contributed by atoms with Gasteiger partial charge in [0.05, 0.1) is 17.3 Å². The van der Waals surface area contributed by atoms with E-state index >= 15 is 0 Å². The van der Waals surface area contributed by atoms with E-state index in [-0.39, 0.29) is 11.6 Å². The molecule has 0 fully saturated rings. The van der Waals surface area contributed by atoms with Gasteiger partial charge in [0.1, 0.15) is 16.7 Å². The number of carbonyl (C=O) groups excluding carboxylic acids is 3. The van der Waals surface area contributed by atoms with Gasteiger partial charge in [-0.3, -0.25) is 14.4 Å². The minimum absolute atomic E-state index is 0.0488. The number of anilines is 2. The second-order valence-corrected chi connectivity index (χ2v) is 13.2. The first-order valence-corrected chi connectivity index (χ1v) is 17.1. The fourth-order valence-electron chi connectivity index (χ4n) is 4.98. The summed E-state index contributed by atoms with van der Waals surface area (Å²) in [6.07, 6.45) is 1.59. The van der Waals surface area contributed by atoms with Crippen LogP contribution in [0.25, 0.3) is 16.3 Å². The first kappa shape index (κ1) is 33.2. The van der Waals surface area contributed by atoms with Crippen molar-refractivity contribution in [1.29, 1.82) is 0 Å². The monoisotopic (exact) mass is 684 g/mol. The number of fused-ring (bicyclic) bond motifs is 1. The lowest BCUT2D eigenvalue weighted by Crippen LogP contribution is -2.30. The molecule has 0 aliphatic rings. The summed E-state index contributed by atoms with van der Waals surface area (Å²) in [5.74, 6) is -0.539. The number of carbonyl (C=O) groups is 3. The lowest BCUT2D eigenvalue weighted by Gasteiger charge is -2.17. The van der Waals surface area contributed by atoms with Crippen molar-refractivity contribution in [3.8, 4) is 5.75 Å². The molecular formula is C39H32N4O4S2. The second-order valence-electron chi connectivity index (χ2n) is 11.0. The molecule has 0 aliphatic carbocycles. The van der Waals surface area contributed by atoms with Crippen molar-refractivity contribution in [1.82, 2.24) is 10.3 Å². The number of thioether (sulfide) groups is 1. The van der Waals surface area contributed by atoms with Gasteiger partial charge in [-0.1, -0.05) is 84.1 Å². The van der Waals surface area contributed by atoms with Gasteiger partial charge in [0.2, 0.25) is 5.91 Å². The van der Waals surface area contributed by atoms with Crippen molar-refractivity contribution in [2.45, 2.75) is 17.1 Å². The zero-order valence-corrected chi connectivity index (χ0v) is 28.3. The molecule has 0 radical (unpaired) electrons. The zero-order chi connectivity index (χ0) is 34.2. The minimum Gasteiger partial charge on any atom is -0.497 e. The van der Waals surface area contributed by atoms with Crippen LogP contribution in [-0.4, -0.2) is 29.8 Å². The second kappa shape index (κ2) is 15.5. The van der Waals surface area contributed by atoms with Gasteiger partial charge in [0.25, 0.3) is 11.8 Å². The highest BCUT2D eigenvalue weighted by Crippen LogP contribution is 2.38. The number of amides is 3. The van der Waals surface area contributed by atoms with Gasteiger partial charge in [-0.05, 0) is 84.3 Å². The first-order valence-electron chi connectivity index (χ1n) is 15.4. The fourth-order valence-corrected chi connectivity index (χ4v) is 7.03. The standard InChI is InChI=1S/C39H32N4O4S2/c1-25-19-20-32-34(21-25)49-39(42-32)43-38(46)35(27-12-5-3-6-13-27)48-31-18-10-16-29(24-31)40-37(45)33(23-26-11-9-17-30(22-26)47-2)41-36(44)28-14-7-4-8-15-28/h3-24,35H,1-2H3,(H,40,45)(H,41,44)(H,42,43,46)/b33-23-. The van der Waals surface area contributed by atoms with E-state index in [0.717, 1.165) is 26.2 Å². The largest absolute Gasteiger partial charge is 0.497 e. The van der Waals surface area contributed by atoms with Crippen LogP contribution in [0.4, 0.5) is 10.8 Å². The molecule has 0 spiro atoms. The lowest BCUT2D eigenvalue weighted by atomic mass is 10.1. The number of methoxy groups -OCH3 is 1. The van der Waals surface area contributed by atoms with E-state index < -0.39 is 17.1 Å². The van der Waals surface area contributed by atoms with E-state index in [1.165, 1.54) is 23.1 Å². The summed E-state index contributed by atoms with van der Waals surface area (Å²) in [7, 11) is 1.56. The predicted octanol–water partition coefficient (Wildman–Crippen LogP) is 8.50. The van der Waals surface area contributed by atoms with Crippen LogP contribution in [-0.2, 0) is 9.59 Å². The Hall–Kier alpha value is -5.71. The molecule has 0 saturated heterocycles. The van der Waals surface area contributed by atoms with Crippen LogP contribution in [0.3, 0.4) is 0 Å². The van der Waals surface area contributed by atoms with Crippen LogP contribution in [0.1, 0.15) is 32.3 Å². The number of hydrogen-bond donors (Lipinski definition) is 3. The molecule has 1 aromatic heterocycles. The highest BCUT2D eigenvalue weighted by molar-refractivity contribution is 8.00. The summed E-state index contributed by atoms with van der Waals surface area (Å²) < 4.78 is 6.34. The van der Waals surface area contributed by atoms with Gasteiger partial charge in [-0.15, -0.1) is 11.8 Å². The van der Waals surface area contributed by atoms with Gasteiger partial charge in [0.15, 0.2) is 5.13 Å². The van der Waals surface area contributed by atoms with Crippen LogP contribution < -0.4 is 20.7 Å². The molecular weight excluding hydrogens is 653 g/mol. The maximum atomic E-state index is 13.8. The van der Waals surface area contributed by atoms with Crippen LogP contribution in [0.15, 0.2) is 138 Å². The molecule has 8 nitrogen and oxygen atoms in total. The molecule has 3 N–H and O–H groups in total. The third-order valence-electron chi connectivity index (χ3n) is 7.39. The van der Waals surface area contributed by atoms with E-state index in [0.29, 0.717) is 27.7 Å². The van der Waals surface area contributed by atoms with Gasteiger partial charge in [-0.25, -0.2) is 4.98 Å². The highest BCUT2D eigenvalue weighted by atomic mass is 32.2. The Labute approximate surface area is 292 Å². The number of thiazole rings is 1. The van der Waals surface area contributed by atoms with Crippen molar-refractivity contribution in [2.24, 2.45) is 0 Å². The topological polar surface area (TPSA) is 109 Å². The molecule has 0 saturated carbocycles. The van der Waals surface area contributed by atoms with Crippen LogP contribution in [0.5, 0.6) is 5.75 Å². The van der Waals surface area contributed by atoms with Crippen molar-refractivity contribution < 1.29 is 19.1 Å². The van der Waals surface area contributed by atoms with E-state index in [1.54, 1.807) is 67.8 Å². The molecule has 6 rings (SSSR count). The van der Waals surface area contributed by atoms with E-state index in [2.05, 4.69) is 27.0 Å².